The van der Waals surface area contributed by atoms with Gasteiger partial charge in [-0.05, 0) is 42.5 Å². The van der Waals surface area contributed by atoms with Crippen LogP contribution in [0.4, 0.5) is 5.69 Å². The van der Waals surface area contributed by atoms with Crippen LogP contribution in [0.2, 0.25) is 0 Å². The standard InChI is InChI=1S/C23H20N4O6/c1-29-15-6-8-18(30-2)16(11-15)24-21(28)12-27-9-3-4-17(27)23-25-22(26-33-23)14-5-7-19-20(10-14)32-13-31-19/h3-11H,12-13H2,1-2H3,(H,24,28). The number of nitrogens with one attached hydrogen (secondary N) is 1. The summed E-state index contributed by atoms with van der Waals surface area (Å²) >= 11 is 0. The number of carbonyl (C=O) groups excluding carboxylic acids is 1. The molecule has 0 saturated carbocycles. The van der Waals surface area contributed by atoms with E-state index >= 15 is 0 Å². The highest BCUT2D eigenvalue weighted by molar-refractivity contribution is 5.92. The lowest BCUT2D eigenvalue weighted by atomic mass is 10.2. The quantitative estimate of drug-likeness (QED) is 0.457. The average molecular weight is 448 g/mol. The summed E-state index contributed by atoms with van der Waals surface area (Å²) in [6.45, 7) is 0.220. The van der Waals surface area contributed by atoms with E-state index in [-0.39, 0.29) is 19.2 Å². The largest absolute Gasteiger partial charge is 0.497 e. The molecular weight excluding hydrogens is 428 g/mol. The molecule has 3 heterocycles. The monoisotopic (exact) mass is 448 g/mol. The highest BCUT2D eigenvalue weighted by Crippen LogP contribution is 2.35. The van der Waals surface area contributed by atoms with E-state index < -0.39 is 0 Å². The van der Waals surface area contributed by atoms with Crippen LogP contribution in [0.1, 0.15) is 0 Å². The van der Waals surface area contributed by atoms with Crippen molar-refractivity contribution in [3.63, 3.8) is 0 Å². The number of anilines is 1. The summed E-state index contributed by atoms with van der Waals surface area (Å²) in [4.78, 5) is 17.2. The van der Waals surface area contributed by atoms with Crippen molar-refractivity contribution in [1.29, 1.82) is 0 Å². The molecule has 5 rings (SSSR count). The molecule has 1 aliphatic heterocycles. The number of fused-ring (bicyclic) bond motifs is 1. The molecular formula is C23H20N4O6. The zero-order valence-corrected chi connectivity index (χ0v) is 17.9. The summed E-state index contributed by atoms with van der Waals surface area (Å²) in [5, 5.41) is 6.92. The summed E-state index contributed by atoms with van der Waals surface area (Å²) in [5.41, 5.74) is 1.86. The summed E-state index contributed by atoms with van der Waals surface area (Å²) in [7, 11) is 3.09. The van der Waals surface area contributed by atoms with E-state index in [4.69, 9.17) is 23.5 Å². The normalized spacial score (nSPS) is 11.9. The van der Waals surface area contributed by atoms with Gasteiger partial charge in [0.05, 0.1) is 19.9 Å². The molecule has 0 fully saturated rings. The van der Waals surface area contributed by atoms with Gasteiger partial charge in [0, 0.05) is 17.8 Å². The molecule has 1 aliphatic rings. The summed E-state index contributed by atoms with van der Waals surface area (Å²) in [6.07, 6.45) is 1.77. The Morgan fingerprint density at radius 3 is 2.82 bits per heavy atom. The van der Waals surface area contributed by atoms with Crippen molar-refractivity contribution in [2.75, 3.05) is 26.3 Å². The van der Waals surface area contributed by atoms with Gasteiger partial charge in [0.2, 0.25) is 18.5 Å². The van der Waals surface area contributed by atoms with Gasteiger partial charge in [-0.15, -0.1) is 0 Å². The smallest absolute Gasteiger partial charge is 0.274 e. The number of hydrogen-bond donors (Lipinski definition) is 1. The van der Waals surface area contributed by atoms with Crippen molar-refractivity contribution in [2.45, 2.75) is 6.54 Å². The zero-order valence-electron chi connectivity index (χ0n) is 17.9. The molecule has 0 unspecified atom stereocenters. The van der Waals surface area contributed by atoms with Crippen LogP contribution < -0.4 is 24.3 Å². The van der Waals surface area contributed by atoms with Crippen molar-refractivity contribution in [2.24, 2.45) is 0 Å². The van der Waals surface area contributed by atoms with E-state index in [0.717, 1.165) is 5.56 Å². The molecule has 1 N–H and O–H groups in total. The maximum atomic E-state index is 12.7. The van der Waals surface area contributed by atoms with E-state index in [9.17, 15) is 4.79 Å². The molecule has 0 radical (unpaired) electrons. The number of methoxy groups -OCH3 is 2. The van der Waals surface area contributed by atoms with E-state index in [1.807, 2.05) is 6.07 Å². The van der Waals surface area contributed by atoms with Crippen LogP contribution in [0, 0.1) is 0 Å². The van der Waals surface area contributed by atoms with E-state index in [1.54, 1.807) is 60.3 Å². The van der Waals surface area contributed by atoms with Gasteiger partial charge in [0.15, 0.2) is 11.5 Å². The SMILES string of the molecule is COc1ccc(OC)c(NC(=O)Cn2cccc2-c2nc(-c3ccc4c(c3)OCO4)no2)c1. The van der Waals surface area contributed by atoms with Crippen molar-refractivity contribution < 1.29 is 28.3 Å². The second-order valence-electron chi connectivity index (χ2n) is 7.13. The predicted octanol–water partition coefficient (Wildman–Crippen LogP) is 3.59. The van der Waals surface area contributed by atoms with Crippen LogP contribution in [0.3, 0.4) is 0 Å². The predicted molar refractivity (Wildman–Crippen MR) is 117 cm³/mol. The number of rotatable bonds is 7. The molecule has 0 aliphatic carbocycles. The van der Waals surface area contributed by atoms with Gasteiger partial charge in [0.1, 0.15) is 23.7 Å². The first-order chi connectivity index (χ1) is 16.1. The lowest BCUT2D eigenvalue weighted by Crippen LogP contribution is -2.19. The molecule has 0 bridgehead atoms. The van der Waals surface area contributed by atoms with Gasteiger partial charge in [-0.3, -0.25) is 4.79 Å². The molecule has 10 nitrogen and oxygen atoms in total. The third-order valence-electron chi connectivity index (χ3n) is 5.10. The fourth-order valence-corrected chi connectivity index (χ4v) is 3.48. The van der Waals surface area contributed by atoms with E-state index in [2.05, 4.69) is 15.5 Å². The number of ether oxygens (including phenoxy) is 4. The van der Waals surface area contributed by atoms with Crippen LogP contribution >= 0.6 is 0 Å². The maximum absolute atomic E-state index is 12.7. The minimum Gasteiger partial charge on any atom is -0.497 e. The summed E-state index contributed by atoms with van der Waals surface area (Å²) in [5.74, 6) is 2.88. The Morgan fingerprint density at radius 2 is 1.97 bits per heavy atom. The number of aromatic nitrogens is 3. The minimum absolute atomic E-state index is 0.0322. The van der Waals surface area contributed by atoms with Gasteiger partial charge in [-0.1, -0.05) is 5.16 Å². The zero-order chi connectivity index (χ0) is 22.8. The van der Waals surface area contributed by atoms with Crippen molar-refractivity contribution >= 4 is 11.6 Å². The second kappa shape index (κ2) is 8.58. The lowest BCUT2D eigenvalue weighted by molar-refractivity contribution is -0.116. The summed E-state index contributed by atoms with van der Waals surface area (Å²) in [6, 6.07) is 14.2. The van der Waals surface area contributed by atoms with Gasteiger partial charge in [-0.2, -0.15) is 4.98 Å². The molecule has 0 atom stereocenters. The van der Waals surface area contributed by atoms with Crippen LogP contribution in [-0.2, 0) is 11.3 Å². The Labute approximate surface area is 188 Å². The fraction of sp³-hybridized carbons (Fsp3) is 0.174. The Bertz CT molecular complexity index is 1310. The Balaban J connectivity index is 1.34. The summed E-state index contributed by atoms with van der Waals surface area (Å²) < 4.78 is 28.5. The van der Waals surface area contributed by atoms with Crippen molar-refractivity contribution in [1.82, 2.24) is 14.7 Å². The fourth-order valence-electron chi connectivity index (χ4n) is 3.48. The molecule has 1 amide bonds. The minimum atomic E-state index is -0.255. The number of nitrogens with zero attached hydrogens (tertiary/aromatic N) is 3. The average Bonchev–Trinajstić information content (AvgIpc) is 3.58. The molecule has 0 spiro atoms. The van der Waals surface area contributed by atoms with Crippen LogP contribution in [0.5, 0.6) is 23.0 Å². The highest BCUT2D eigenvalue weighted by atomic mass is 16.7. The molecule has 10 heteroatoms. The van der Waals surface area contributed by atoms with Crippen molar-refractivity contribution in [3.05, 3.63) is 54.7 Å². The molecule has 33 heavy (non-hydrogen) atoms. The van der Waals surface area contributed by atoms with Gasteiger partial charge >= 0.3 is 0 Å². The Morgan fingerprint density at radius 1 is 1.09 bits per heavy atom. The molecule has 4 aromatic rings. The maximum Gasteiger partial charge on any atom is 0.274 e. The van der Waals surface area contributed by atoms with Gasteiger partial charge in [0.25, 0.3) is 5.89 Å². The molecule has 0 saturated heterocycles. The lowest BCUT2D eigenvalue weighted by Gasteiger charge is -2.12. The topological polar surface area (TPSA) is 110 Å². The Kier molecular flexibility index (Phi) is 5.31. The van der Waals surface area contributed by atoms with Crippen LogP contribution in [0.25, 0.3) is 23.0 Å². The number of carbonyl (C=O) groups is 1. The highest BCUT2D eigenvalue weighted by Gasteiger charge is 2.19. The van der Waals surface area contributed by atoms with Gasteiger partial charge in [-0.25, -0.2) is 0 Å². The first kappa shape index (κ1) is 20.4. The number of hydrogen-bond acceptors (Lipinski definition) is 8. The third-order valence-corrected chi connectivity index (χ3v) is 5.10. The van der Waals surface area contributed by atoms with Gasteiger partial charge < -0.3 is 33.4 Å². The number of benzene rings is 2. The van der Waals surface area contributed by atoms with Crippen molar-refractivity contribution in [3.8, 4) is 46.0 Å². The van der Waals surface area contributed by atoms with Crippen LogP contribution in [-0.4, -0.2) is 41.6 Å². The molecule has 168 valence electrons. The number of amides is 1. The first-order valence-corrected chi connectivity index (χ1v) is 10.1. The van der Waals surface area contributed by atoms with E-state index in [1.165, 1.54) is 7.11 Å². The van der Waals surface area contributed by atoms with Crippen LogP contribution in [0.15, 0.2) is 59.3 Å². The first-order valence-electron chi connectivity index (χ1n) is 10.1. The van der Waals surface area contributed by atoms with E-state index in [0.29, 0.717) is 46.1 Å². The third kappa shape index (κ3) is 4.05. The molecule has 2 aromatic carbocycles. The Hall–Kier alpha value is -4.47. The second-order valence-corrected chi connectivity index (χ2v) is 7.13. The molecule has 2 aromatic heterocycles.